The number of carbonyl (C=O) groups excluding carboxylic acids is 2. The summed E-state index contributed by atoms with van der Waals surface area (Å²) in [6, 6.07) is 5.07. The number of rotatable bonds is 10. The van der Waals surface area contributed by atoms with Crippen molar-refractivity contribution in [3.63, 3.8) is 0 Å². The number of anilines is 2. The summed E-state index contributed by atoms with van der Waals surface area (Å²) in [6.07, 6.45) is 1.25. The van der Waals surface area contributed by atoms with Crippen molar-refractivity contribution in [2.75, 3.05) is 17.7 Å². The Kier molecular flexibility index (Phi) is 7.69. The van der Waals surface area contributed by atoms with Gasteiger partial charge in [-0.2, -0.15) is 4.98 Å². The predicted octanol–water partition coefficient (Wildman–Crippen LogP) is 0.434. The van der Waals surface area contributed by atoms with Gasteiger partial charge in [0.25, 0.3) is 11.5 Å². The van der Waals surface area contributed by atoms with Crippen molar-refractivity contribution in [3.05, 3.63) is 52.1 Å². The lowest BCUT2D eigenvalue weighted by Gasteiger charge is -2.14. The number of amides is 1. The summed E-state index contributed by atoms with van der Waals surface area (Å²) in [7, 11) is 0. The number of nitrogen functional groups attached to an aromatic ring is 1. The molecule has 6 N–H and O–H groups in total. The van der Waals surface area contributed by atoms with Gasteiger partial charge in [-0.3, -0.25) is 19.4 Å². The quantitative estimate of drug-likeness (QED) is 0.258. The minimum absolute atomic E-state index is 0.0459. The van der Waals surface area contributed by atoms with E-state index in [2.05, 4.69) is 30.6 Å². The summed E-state index contributed by atoms with van der Waals surface area (Å²) in [5, 5.41) is 14.8. The van der Waals surface area contributed by atoms with E-state index in [1.807, 2.05) is 0 Å². The van der Waals surface area contributed by atoms with Gasteiger partial charge in [0.2, 0.25) is 5.95 Å². The first-order valence-corrected chi connectivity index (χ1v) is 10.3. The number of carboxylic acid groups (broad SMARTS) is 1. The summed E-state index contributed by atoms with van der Waals surface area (Å²) >= 11 is 0. The summed E-state index contributed by atoms with van der Waals surface area (Å²) < 4.78 is 4.78. The molecule has 13 nitrogen and oxygen atoms in total. The average Bonchev–Trinajstić information content (AvgIpc) is 2.80. The van der Waals surface area contributed by atoms with Crippen LogP contribution in [0.1, 0.15) is 35.8 Å². The van der Waals surface area contributed by atoms with E-state index in [9.17, 15) is 24.3 Å². The molecule has 2 heterocycles. The SMILES string of the molecule is CCOC(=O)CC[C@@H](NC(=O)c1ccc(NCc2cnc3nc(N)[nH]c(=O)c3n2)cc1)C(=O)O. The van der Waals surface area contributed by atoms with Crippen LogP contribution < -0.4 is 21.9 Å². The minimum Gasteiger partial charge on any atom is -0.480 e. The van der Waals surface area contributed by atoms with E-state index in [0.29, 0.717) is 11.4 Å². The highest BCUT2D eigenvalue weighted by Crippen LogP contribution is 2.12. The summed E-state index contributed by atoms with van der Waals surface area (Å²) in [4.78, 5) is 61.8. The smallest absolute Gasteiger partial charge is 0.326 e. The standard InChI is InChI=1S/C21H23N7O6/c1-2-34-15(29)8-7-14(20(32)33)26-18(30)11-3-5-12(6-4-11)23-9-13-10-24-17-16(25-13)19(31)28-21(22)27-17/h3-6,10,14,23H,2,7-9H2,1H3,(H,26,30)(H,32,33)(H3,22,24,27,28,31)/t14-/m1/s1. The number of fused-ring (bicyclic) bond motifs is 1. The van der Waals surface area contributed by atoms with E-state index in [0.717, 1.165) is 0 Å². The lowest BCUT2D eigenvalue weighted by atomic mass is 10.1. The lowest BCUT2D eigenvalue weighted by Crippen LogP contribution is -2.41. The van der Waals surface area contributed by atoms with Crippen LogP contribution in [0.3, 0.4) is 0 Å². The molecule has 1 atom stereocenters. The van der Waals surface area contributed by atoms with Crippen LogP contribution in [0.15, 0.2) is 35.3 Å². The number of nitrogens with two attached hydrogens (primary N) is 1. The van der Waals surface area contributed by atoms with Gasteiger partial charge in [0, 0.05) is 17.7 Å². The van der Waals surface area contributed by atoms with Crippen molar-refractivity contribution < 1.29 is 24.2 Å². The summed E-state index contributed by atoms with van der Waals surface area (Å²) in [6.45, 7) is 2.09. The first kappa shape index (κ1) is 24.1. The number of nitrogens with one attached hydrogen (secondary N) is 3. The second-order valence-corrected chi connectivity index (χ2v) is 7.12. The third kappa shape index (κ3) is 6.25. The van der Waals surface area contributed by atoms with Crippen molar-refractivity contribution in [1.82, 2.24) is 25.3 Å². The molecule has 13 heteroatoms. The number of carbonyl (C=O) groups is 3. The number of hydrogen-bond acceptors (Lipinski definition) is 10. The molecular formula is C21H23N7O6. The van der Waals surface area contributed by atoms with E-state index < -0.39 is 29.4 Å². The zero-order chi connectivity index (χ0) is 24.7. The molecule has 0 spiro atoms. The summed E-state index contributed by atoms with van der Waals surface area (Å²) in [5.74, 6) is -2.41. The molecule has 0 aliphatic heterocycles. The zero-order valence-corrected chi connectivity index (χ0v) is 18.2. The number of ether oxygens (including phenoxy) is 1. The predicted molar refractivity (Wildman–Crippen MR) is 121 cm³/mol. The number of aromatic nitrogens is 4. The van der Waals surface area contributed by atoms with Gasteiger partial charge in [0.15, 0.2) is 11.2 Å². The molecule has 0 radical (unpaired) electrons. The Morgan fingerprint density at radius 3 is 2.62 bits per heavy atom. The van der Waals surface area contributed by atoms with E-state index >= 15 is 0 Å². The average molecular weight is 469 g/mol. The fourth-order valence-electron chi connectivity index (χ4n) is 2.98. The Morgan fingerprint density at radius 2 is 1.94 bits per heavy atom. The van der Waals surface area contributed by atoms with Crippen molar-refractivity contribution in [1.29, 1.82) is 0 Å². The van der Waals surface area contributed by atoms with Crippen LogP contribution >= 0.6 is 0 Å². The Labute approximate surface area is 192 Å². The van der Waals surface area contributed by atoms with E-state index in [4.69, 9.17) is 10.5 Å². The normalized spacial score (nSPS) is 11.6. The van der Waals surface area contributed by atoms with Crippen molar-refractivity contribution >= 4 is 40.6 Å². The van der Waals surface area contributed by atoms with Crippen molar-refractivity contribution in [3.8, 4) is 0 Å². The maximum atomic E-state index is 12.4. The first-order valence-electron chi connectivity index (χ1n) is 10.3. The Bertz CT molecular complexity index is 1260. The topological polar surface area (TPSA) is 202 Å². The molecule has 0 saturated heterocycles. The fourth-order valence-corrected chi connectivity index (χ4v) is 2.98. The second-order valence-electron chi connectivity index (χ2n) is 7.12. The maximum absolute atomic E-state index is 12.4. The van der Waals surface area contributed by atoms with Gasteiger partial charge in [0.1, 0.15) is 6.04 Å². The highest BCUT2D eigenvalue weighted by molar-refractivity contribution is 5.97. The van der Waals surface area contributed by atoms with Crippen LogP contribution in [-0.4, -0.2) is 55.5 Å². The van der Waals surface area contributed by atoms with Crippen LogP contribution in [0.5, 0.6) is 0 Å². The Balaban J connectivity index is 1.59. The number of H-pyrrole nitrogens is 1. The van der Waals surface area contributed by atoms with Gasteiger partial charge in [-0.05, 0) is 37.6 Å². The van der Waals surface area contributed by atoms with Crippen LogP contribution in [0, 0.1) is 0 Å². The molecule has 0 bridgehead atoms. The molecule has 0 aliphatic carbocycles. The van der Waals surface area contributed by atoms with Gasteiger partial charge < -0.3 is 26.2 Å². The fraction of sp³-hybridized carbons (Fsp3) is 0.286. The summed E-state index contributed by atoms with van der Waals surface area (Å²) in [5.41, 5.74) is 6.58. The number of aromatic amines is 1. The number of carboxylic acids is 1. The van der Waals surface area contributed by atoms with Gasteiger partial charge in [0.05, 0.1) is 25.0 Å². The van der Waals surface area contributed by atoms with Gasteiger partial charge in [-0.15, -0.1) is 0 Å². The molecule has 178 valence electrons. The Morgan fingerprint density at radius 1 is 1.21 bits per heavy atom. The first-order chi connectivity index (χ1) is 16.3. The van der Waals surface area contributed by atoms with Gasteiger partial charge in [-0.1, -0.05) is 0 Å². The molecule has 3 rings (SSSR count). The highest BCUT2D eigenvalue weighted by Gasteiger charge is 2.22. The van der Waals surface area contributed by atoms with E-state index in [1.54, 1.807) is 19.1 Å². The van der Waals surface area contributed by atoms with E-state index in [-0.39, 0.29) is 48.7 Å². The number of esters is 1. The third-order valence-corrected chi connectivity index (χ3v) is 4.65. The second kappa shape index (κ2) is 10.8. The largest absolute Gasteiger partial charge is 0.480 e. The zero-order valence-electron chi connectivity index (χ0n) is 18.2. The number of hydrogen-bond donors (Lipinski definition) is 5. The molecule has 3 aromatic rings. The molecule has 1 amide bonds. The third-order valence-electron chi connectivity index (χ3n) is 4.65. The van der Waals surface area contributed by atoms with Crippen LogP contribution in [0.2, 0.25) is 0 Å². The molecule has 0 unspecified atom stereocenters. The van der Waals surface area contributed by atoms with E-state index in [1.165, 1.54) is 18.3 Å². The monoisotopic (exact) mass is 469 g/mol. The molecular weight excluding hydrogens is 446 g/mol. The Hall–Kier alpha value is -4.55. The maximum Gasteiger partial charge on any atom is 0.326 e. The molecule has 1 aromatic carbocycles. The van der Waals surface area contributed by atoms with Crippen molar-refractivity contribution in [2.24, 2.45) is 0 Å². The number of aliphatic carboxylic acids is 1. The molecule has 0 fully saturated rings. The molecule has 0 saturated carbocycles. The van der Waals surface area contributed by atoms with Crippen LogP contribution in [0.4, 0.5) is 11.6 Å². The number of benzene rings is 1. The van der Waals surface area contributed by atoms with Gasteiger partial charge in [-0.25, -0.2) is 14.8 Å². The lowest BCUT2D eigenvalue weighted by molar-refractivity contribution is -0.144. The molecule has 2 aromatic heterocycles. The van der Waals surface area contributed by atoms with Gasteiger partial charge >= 0.3 is 11.9 Å². The molecule has 0 aliphatic rings. The van der Waals surface area contributed by atoms with Crippen LogP contribution in [-0.2, 0) is 20.9 Å². The highest BCUT2D eigenvalue weighted by atomic mass is 16.5. The van der Waals surface area contributed by atoms with Crippen LogP contribution in [0.25, 0.3) is 11.2 Å². The molecule has 34 heavy (non-hydrogen) atoms. The van der Waals surface area contributed by atoms with Crippen molar-refractivity contribution in [2.45, 2.75) is 32.4 Å². The minimum atomic E-state index is -1.25. The number of nitrogens with zero attached hydrogens (tertiary/aromatic N) is 3.